The molecule has 0 bridgehead atoms. The SMILES string of the molecule is CN(CCS(C)(=O)=O)C(=O)c1cc(Cl)ccc1NN. The van der Waals surface area contributed by atoms with Crippen molar-refractivity contribution >= 4 is 33.0 Å². The molecule has 0 heterocycles. The predicted molar refractivity (Wildman–Crippen MR) is 75.9 cm³/mol. The third kappa shape index (κ3) is 4.70. The fourth-order valence-electron chi connectivity index (χ4n) is 1.43. The first-order valence-electron chi connectivity index (χ1n) is 5.44. The monoisotopic (exact) mass is 305 g/mol. The van der Waals surface area contributed by atoms with Crippen LogP contribution in [0.5, 0.6) is 0 Å². The number of hydrogen-bond donors (Lipinski definition) is 2. The minimum atomic E-state index is -3.12. The molecule has 0 fully saturated rings. The van der Waals surface area contributed by atoms with Crippen LogP contribution in [0.4, 0.5) is 5.69 Å². The molecular weight excluding hydrogens is 290 g/mol. The van der Waals surface area contributed by atoms with Crippen LogP contribution in [0.2, 0.25) is 5.02 Å². The van der Waals surface area contributed by atoms with Gasteiger partial charge >= 0.3 is 0 Å². The third-order valence-corrected chi connectivity index (χ3v) is 3.67. The van der Waals surface area contributed by atoms with Crippen LogP contribution >= 0.6 is 11.6 Å². The van der Waals surface area contributed by atoms with Gasteiger partial charge in [0.15, 0.2) is 0 Å². The number of benzene rings is 1. The average Bonchev–Trinajstić information content (AvgIpc) is 2.34. The third-order valence-electron chi connectivity index (χ3n) is 2.51. The number of nitrogen functional groups attached to an aromatic ring is 1. The van der Waals surface area contributed by atoms with E-state index in [2.05, 4.69) is 5.43 Å². The van der Waals surface area contributed by atoms with Gasteiger partial charge in [-0.05, 0) is 18.2 Å². The van der Waals surface area contributed by atoms with Gasteiger partial charge in [0.1, 0.15) is 9.84 Å². The van der Waals surface area contributed by atoms with E-state index < -0.39 is 9.84 Å². The van der Waals surface area contributed by atoms with Gasteiger partial charge in [-0.1, -0.05) is 11.6 Å². The summed E-state index contributed by atoms with van der Waals surface area (Å²) in [6.07, 6.45) is 1.12. The van der Waals surface area contributed by atoms with Crippen molar-refractivity contribution < 1.29 is 13.2 Å². The van der Waals surface area contributed by atoms with E-state index in [1.165, 1.54) is 18.0 Å². The number of anilines is 1. The first kappa shape index (κ1) is 15.7. The van der Waals surface area contributed by atoms with Crippen LogP contribution in [0.3, 0.4) is 0 Å². The second-order valence-corrected chi connectivity index (χ2v) is 6.89. The van der Waals surface area contributed by atoms with Crippen LogP contribution < -0.4 is 11.3 Å². The summed E-state index contributed by atoms with van der Waals surface area (Å²) in [6, 6.07) is 4.67. The van der Waals surface area contributed by atoms with Gasteiger partial charge in [0.2, 0.25) is 0 Å². The second kappa shape index (κ2) is 6.23. The molecule has 1 rings (SSSR count). The van der Waals surface area contributed by atoms with Crippen molar-refractivity contribution in [3.8, 4) is 0 Å². The molecule has 0 aromatic heterocycles. The van der Waals surface area contributed by atoms with E-state index in [1.54, 1.807) is 12.1 Å². The zero-order valence-corrected chi connectivity index (χ0v) is 12.3. The number of carbonyl (C=O) groups excluding carboxylic acids is 1. The standard InChI is InChI=1S/C11H16ClN3O3S/c1-15(5-6-19(2,17)18)11(16)9-7-8(12)3-4-10(9)14-13/h3-4,7,14H,5-6,13H2,1-2H3. The molecule has 0 spiro atoms. The Kier molecular flexibility index (Phi) is 5.16. The molecule has 19 heavy (non-hydrogen) atoms. The van der Waals surface area contributed by atoms with Crippen molar-refractivity contribution in [3.05, 3.63) is 28.8 Å². The lowest BCUT2D eigenvalue weighted by atomic mass is 10.1. The lowest BCUT2D eigenvalue weighted by molar-refractivity contribution is 0.0804. The molecule has 0 radical (unpaired) electrons. The van der Waals surface area contributed by atoms with Crippen molar-refractivity contribution in [2.24, 2.45) is 5.84 Å². The van der Waals surface area contributed by atoms with Gasteiger partial charge in [-0.2, -0.15) is 0 Å². The van der Waals surface area contributed by atoms with E-state index in [1.807, 2.05) is 0 Å². The number of sulfone groups is 1. The Morgan fingerprint density at radius 1 is 1.47 bits per heavy atom. The summed E-state index contributed by atoms with van der Waals surface area (Å²) in [4.78, 5) is 13.5. The van der Waals surface area contributed by atoms with Gasteiger partial charge in [0, 0.05) is 24.9 Å². The first-order chi connectivity index (χ1) is 8.74. The van der Waals surface area contributed by atoms with E-state index in [0.29, 0.717) is 16.3 Å². The molecule has 6 nitrogen and oxygen atoms in total. The Bertz CT molecular complexity index is 575. The predicted octanol–water partition coefficient (Wildman–Crippen LogP) is 0.742. The van der Waals surface area contributed by atoms with Crippen molar-refractivity contribution in [1.82, 2.24) is 4.90 Å². The van der Waals surface area contributed by atoms with Crippen LogP contribution in [0.25, 0.3) is 0 Å². The minimum Gasteiger partial charge on any atom is -0.341 e. The zero-order valence-electron chi connectivity index (χ0n) is 10.7. The normalized spacial score (nSPS) is 11.2. The van der Waals surface area contributed by atoms with Gasteiger partial charge in [-0.25, -0.2) is 8.42 Å². The Hall–Kier alpha value is -1.31. The fraction of sp³-hybridized carbons (Fsp3) is 0.364. The lowest BCUT2D eigenvalue weighted by Crippen LogP contribution is -2.32. The molecule has 0 atom stereocenters. The summed E-state index contributed by atoms with van der Waals surface area (Å²) in [7, 11) is -1.60. The molecule has 0 unspecified atom stereocenters. The lowest BCUT2D eigenvalue weighted by Gasteiger charge is -2.18. The molecule has 3 N–H and O–H groups in total. The maximum atomic E-state index is 12.2. The molecule has 0 saturated carbocycles. The van der Waals surface area contributed by atoms with Gasteiger partial charge in [0.05, 0.1) is 17.0 Å². The first-order valence-corrected chi connectivity index (χ1v) is 7.88. The highest BCUT2D eigenvalue weighted by atomic mass is 35.5. The van der Waals surface area contributed by atoms with Crippen LogP contribution in [0.15, 0.2) is 18.2 Å². The highest BCUT2D eigenvalue weighted by Gasteiger charge is 2.17. The fourth-order valence-corrected chi connectivity index (χ4v) is 2.21. The Morgan fingerprint density at radius 3 is 2.63 bits per heavy atom. The molecule has 0 aliphatic heterocycles. The Balaban J connectivity index is 2.90. The number of nitrogens with two attached hydrogens (primary N) is 1. The van der Waals surface area contributed by atoms with Crippen LogP contribution in [-0.4, -0.2) is 44.8 Å². The molecule has 1 amide bonds. The summed E-state index contributed by atoms with van der Waals surface area (Å²) in [5.74, 6) is 4.88. The number of hydrazine groups is 1. The Morgan fingerprint density at radius 2 is 2.11 bits per heavy atom. The van der Waals surface area contributed by atoms with E-state index in [9.17, 15) is 13.2 Å². The largest absolute Gasteiger partial charge is 0.341 e. The molecule has 8 heteroatoms. The van der Waals surface area contributed by atoms with Crippen molar-refractivity contribution in [1.29, 1.82) is 0 Å². The highest BCUT2D eigenvalue weighted by Crippen LogP contribution is 2.21. The summed E-state index contributed by atoms with van der Waals surface area (Å²) >= 11 is 5.84. The molecule has 1 aromatic carbocycles. The number of rotatable bonds is 5. The molecular formula is C11H16ClN3O3S. The molecule has 106 valence electrons. The number of amides is 1. The number of hydrogen-bond acceptors (Lipinski definition) is 5. The van der Waals surface area contributed by atoms with Crippen LogP contribution in [0, 0.1) is 0 Å². The molecule has 0 aliphatic rings. The summed E-state index contributed by atoms with van der Waals surface area (Å²) < 4.78 is 22.2. The van der Waals surface area contributed by atoms with E-state index in [0.717, 1.165) is 6.26 Å². The van der Waals surface area contributed by atoms with E-state index in [-0.39, 0.29) is 18.2 Å². The van der Waals surface area contributed by atoms with Gasteiger partial charge < -0.3 is 10.3 Å². The maximum Gasteiger partial charge on any atom is 0.255 e. The Labute approximate surface area is 117 Å². The topological polar surface area (TPSA) is 92.5 Å². The van der Waals surface area contributed by atoms with Crippen molar-refractivity contribution in [3.63, 3.8) is 0 Å². The molecule has 0 saturated heterocycles. The second-order valence-electron chi connectivity index (χ2n) is 4.19. The van der Waals surface area contributed by atoms with Crippen molar-refractivity contribution in [2.75, 3.05) is 31.0 Å². The molecule has 0 aliphatic carbocycles. The highest BCUT2D eigenvalue weighted by molar-refractivity contribution is 7.90. The quantitative estimate of drug-likeness (QED) is 0.618. The van der Waals surface area contributed by atoms with Gasteiger partial charge in [-0.3, -0.25) is 10.6 Å². The van der Waals surface area contributed by atoms with Crippen LogP contribution in [0.1, 0.15) is 10.4 Å². The van der Waals surface area contributed by atoms with E-state index in [4.69, 9.17) is 17.4 Å². The summed E-state index contributed by atoms with van der Waals surface area (Å²) in [5.41, 5.74) is 3.13. The average molecular weight is 306 g/mol. The smallest absolute Gasteiger partial charge is 0.255 e. The zero-order chi connectivity index (χ0) is 14.6. The van der Waals surface area contributed by atoms with Crippen LogP contribution in [-0.2, 0) is 9.84 Å². The summed E-state index contributed by atoms with van der Waals surface area (Å²) in [6.45, 7) is 0.105. The number of nitrogens with one attached hydrogen (secondary N) is 1. The van der Waals surface area contributed by atoms with Gasteiger partial charge in [0.25, 0.3) is 5.91 Å². The number of carbonyl (C=O) groups is 1. The number of halogens is 1. The summed E-state index contributed by atoms with van der Waals surface area (Å²) in [5, 5.41) is 0.402. The maximum absolute atomic E-state index is 12.2. The molecule has 1 aromatic rings. The van der Waals surface area contributed by atoms with Gasteiger partial charge in [-0.15, -0.1) is 0 Å². The van der Waals surface area contributed by atoms with Crippen molar-refractivity contribution in [2.45, 2.75) is 0 Å². The van der Waals surface area contributed by atoms with E-state index >= 15 is 0 Å². The number of nitrogens with zero attached hydrogens (tertiary/aromatic N) is 1. The minimum absolute atomic E-state index is 0.0960.